The van der Waals surface area contributed by atoms with Gasteiger partial charge in [0.1, 0.15) is 0 Å². The summed E-state index contributed by atoms with van der Waals surface area (Å²) < 4.78 is 1.30. The summed E-state index contributed by atoms with van der Waals surface area (Å²) in [4.78, 5) is 4.73. The van der Waals surface area contributed by atoms with E-state index in [-0.39, 0.29) is 0 Å². The number of aromatic nitrogens is 1. The monoisotopic (exact) mass is 260 g/mol. The van der Waals surface area contributed by atoms with Gasteiger partial charge in [-0.05, 0) is 43.2 Å². The van der Waals surface area contributed by atoms with Crippen molar-refractivity contribution in [3.05, 3.63) is 29.3 Å². The van der Waals surface area contributed by atoms with Gasteiger partial charge in [0.05, 0.1) is 15.2 Å². The minimum Gasteiger partial charge on any atom is -0.327 e. The third-order valence-electron chi connectivity index (χ3n) is 4.08. The van der Waals surface area contributed by atoms with Crippen LogP contribution in [0.3, 0.4) is 0 Å². The average Bonchev–Trinajstić information content (AvgIpc) is 2.76. The molecule has 1 fully saturated rings. The Morgan fingerprint density at radius 3 is 3.00 bits per heavy atom. The summed E-state index contributed by atoms with van der Waals surface area (Å²) in [6.07, 6.45) is 4.79. The lowest BCUT2D eigenvalue weighted by Gasteiger charge is -2.31. The molecule has 2 aromatic rings. The molecule has 1 aromatic heterocycles. The van der Waals surface area contributed by atoms with Crippen molar-refractivity contribution < 1.29 is 0 Å². The number of nitrogens with two attached hydrogens (primary N) is 1. The first-order chi connectivity index (χ1) is 8.72. The SMILES string of the molecule is CC1CCC(N)C(Cc2nc3ccccc3s2)C1. The Bertz CT molecular complexity index is 501. The number of nitrogens with zero attached hydrogens (tertiary/aromatic N) is 1. The predicted molar refractivity (Wildman–Crippen MR) is 77.8 cm³/mol. The Hall–Kier alpha value is -0.930. The molecule has 0 saturated heterocycles. The Balaban J connectivity index is 1.78. The first kappa shape index (κ1) is 12.1. The molecule has 96 valence electrons. The molecule has 0 amide bonds. The van der Waals surface area contributed by atoms with Crippen molar-refractivity contribution in [2.75, 3.05) is 0 Å². The number of fused-ring (bicyclic) bond motifs is 1. The topological polar surface area (TPSA) is 38.9 Å². The van der Waals surface area contributed by atoms with Crippen LogP contribution in [0, 0.1) is 11.8 Å². The predicted octanol–water partition coefficient (Wildman–Crippen LogP) is 3.60. The largest absolute Gasteiger partial charge is 0.327 e. The van der Waals surface area contributed by atoms with Gasteiger partial charge >= 0.3 is 0 Å². The molecule has 1 saturated carbocycles. The van der Waals surface area contributed by atoms with E-state index in [0.29, 0.717) is 12.0 Å². The quantitative estimate of drug-likeness (QED) is 0.896. The summed E-state index contributed by atoms with van der Waals surface area (Å²) in [7, 11) is 0. The second-order valence-electron chi connectivity index (χ2n) is 5.62. The Labute approximate surface area is 112 Å². The molecule has 18 heavy (non-hydrogen) atoms. The van der Waals surface area contributed by atoms with E-state index in [1.54, 1.807) is 0 Å². The van der Waals surface area contributed by atoms with Gasteiger partial charge in [0, 0.05) is 12.5 Å². The van der Waals surface area contributed by atoms with Crippen LogP contribution in [0.25, 0.3) is 10.2 Å². The van der Waals surface area contributed by atoms with E-state index in [2.05, 4.69) is 31.2 Å². The minimum atomic E-state index is 0.369. The summed E-state index contributed by atoms with van der Waals surface area (Å²) in [6.45, 7) is 2.34. The van der Waals surface area contributed by atoms with Crippen LogP contribution in [-0.2, 0) is 6.42 Å². The molecule has 3 atom stereocenters. The van der Waals surface area contributed by atoms with E-state index in [9.17, 15) is 0 Å². The van der Waals surface area contributed by atoms with E-state index >= 15 is 0 Å². The molecule has 0 aliphatic heterocycles. The fraction of sp³-hybridized carbons (Fsp3) is 0.533. The van der Waals surface area contributed by atoms with E-state index in [4.69, 9.17) is 10.7 Å². The smallest absolute Gasteiger partial charge is 0.0941 e. The fourth-order valence-corrected chi connectivity index (χ4v) is 4.05. The highest BCUT2D eigenvalue weighted by Crippen LogP contribution is 2.32. The van der Waals surface area contributed by atoms with Crippen LogP contribution in [0.5, 0.6) is 0 Å². The lowest BCUT2D eigenvalue weighted by atomic mass is 9.78. The molecule has 3 unspecified atom stereocenters. The first-order valence-corrected chi connectivity index (χ1v) is 7.64. The van der Waals surface area contributed by atoms with Crippen molar-refractivity contribution >= 4 is 21.6 Å². The zero-order valence-electron chi connectivity index (χ0n) is 10.8. The van der Waals surface area contributed by atoms with Gasteiger partial charge in [-0.15, -0.1) is 11.3 Å². The van der Waals surface area contributed by atoms with Crippen LogP contribution in [0.4, 0.5) is 0 Å². The molecular weight excluding hydrogens is 240 g/mol. The zero-order chi connectivity index (χ0) is 12.5. The van der Waals surface area contributed by atoms with Gasteiger partial charge < -0.3 is 5.73 Å². The van der Waals surface area contributed by atoms with Crippen LogP contribution in [0.1, 0.15) is 31.2 Å². The molecule has 3 rings (SSSR count). The van der Waals surface area contributed by atoms with Crippen LogP contribution >= 0.6 is 11.3 Å². The summed E-state index contributed by atoms with van der Waals surface area (Å²) >= 11 is 1.83. The van der Waals surface area contributed by atoms with Crippen molar-refractivity contribution in [3.8, 4) is 0 Å². The number of benzene rings is 1. The van der Waals surface area contributed by atoms with Gasteiger partial charge in [-0.2, -0.15) is 0 Å². The van der Waals surface area contributed by atoms with Crippen LogP contribution in [0.2, 0.25) is 0 Å². The van der Waals surface area contributed by atoms with E-state index in [0.717, 1.165) is 17.9 Å². The van der Waals surface area contributed by atoms with Gasteiger partial charge in [0.25, 0.3) is 0 Å². The van der Waals surface area contributed by atoms with Crippen LogP contribution in [-0.4, -0.2) is 11.0 Å². The molecule has 0 spiro atoms. The second-order valence-corrected chi connectivity index (χ2v) is 6.74. The van der Waals surface area contributed by atoms with Crippen molar-refractivity contribution in [1.29, 1.82) is 0 Å². The number of hydrogen-bond acceptors (Lipinski definition) is 3. The number of thiazole rings is 1. The molecule has 2 N–H and O–H groups in total. The molecular formula is C15H20N2S. The van der Waals surface area contributed by atoms with E-state index < -0.39 is 0 Å². The van der Waals surface area contributed by atoms with Gasteiger partial charge in [0.2, 0.25) is 0 Å². The van der Waals surface area contributed by atoms with E-state index in [1.165, 1.54) is 29.0 Å². The highest BCUT2D eigenvalue weighted by molar-refractivity contribution is 7.18. The minimum absolute atomic E-state index is 0.369. The number of para-hydroxylation sites is 1. The lowest BCUT2D eigenvalue weighted by molar-refractivity contribution is 0.244. The molecule has 0 bridgehead atoms. The first-order valence-electron chi connectivity index (χ1n) is 6.82. The van der Waals surface area contributed by atoms with E-state index in [1.807, 2.05) is 11.3 Å². The Morgan fingerprint density at radius 2 is 2.17 bits per heavy atom. The van der Waals surface area contributed by atoms with Gasteiger partial charge in [0.15, 0.2) is 0 Å². The molecule has 1 heterocycles. The summed E-state index contributed by atoms with van der Waals surface area (Å²) in [5, 5.41) is 1.26. The lowest BCUT2D eigenvalue weighted by Crippen LogP contribution is -2.36. The highest BCUT2D eigenvalue weighted by Gasteiger charge is 2.26. The van der Waals surface area contributed by atoms with Crippen LogP contribution in [0.15, 0.2) is 24.3 Å². The van der Waals surface area contributed by atoms with Crippen molar-refractivity contribution in [2.45, 2.75) is 38.6 Å². The number of hydrogen-bond donors (Lipinski definition) is 1. The van der Waals surface area contributed by atoms with Gasteiger partial charge in [-0.1, -0.05) is 19.1 Å². The molecule has 1 aromatic carbocycles. The normalized spacial score (nSPS) is 28.7. The van der Waals surface area contributed by atoms with Gasteiger partial charge in [-0.25, -0.2) is 4.98 Å². The Kier molecular flexibility index (Phi) is 3.35. The summed E-state index contributed by atoms with van der Waals surface area (Å²) in [6, 6.07) is 8.76. The van der Waals surface area contributed by atoms with Crippen molar-refractivity contribution in [3.63, 3.8) is 0 Å². The summed E-state index contributed by atoms with van der Waals surface area (Å²) in [5.41, 5.74) is 7.39. The van der Waals surface area contributed by atoms with Crippen molar-refractivity contribution in [1.82, 2.24) is 4.98 Å². The molecule has 2 nitrogen and oxygen atoms in total. The maximum atomic E-state index is 6.26. The molecule has 3 heteroatoms. The second kappa shape index (κ2) is 4.98. The van der Waals surface area contributed by atoms with Gasteiger partial charge in [-0.3, -0.25) is 0 Å². The summed E-state index contributed by atoms with van der Waals surface area (Å²) in [5.74, 6) is 1.44. The zero-order valence-corrected chi connectivity index (χ0v) is 11.6. The van der Waals surface area contributed by atoms with Crippen LogP contribution < -0.4 is 5.73 Å². The Morgan fingerprint density at radius 1 is 1.33 bits per heavy atom. The maximum absolute atomic E-state index is 6.26. The highest BCUT2D eigenvalue weighted by atomic mass is 32.1. The number of rotatable bonds is 2. The fourth-order valence-electron chi connectivity index (χ4n) is 2.99. The average molecular weight is 260 g/mol. The molecule has 1 aliphatic carbocycles. The standard InChI is InChI=1S/C15H20N2S/c1-10-6-7-12(16)11(8-10)9-15-17-13-4-2-3-5-14(13)18-15/h2-5,10-12H,6-9,16H2,1H3. The molecule has 0 radical (unpaired) electrons. The maximum Gasteiger partial charge on any atom is 0.0941 e. The van der Waals surface area contributed by atoms with Crippen molar-refractivity contribution in [2.24, 2.45) is 17.6 Å². The third-order valence-corrected chi connectivity index (χ3v) is 5.14. The third kappa shape index (κ3) is 2.43. The molecule has 1 aliphatic rings.